The zero-order valence-electron chi connectivity index (χ0n) is 8.45. The number of nitrogens with one attached hydrogen (secondary N) is 1. The minimum atomic E-state index is 0.606. The fourth-order valence-corrected chi connectivity index (χ4v) is 2.22. The lowest BCUT2D eigenvalue weighted by Crippen LogP contribution is -2.41. The Morgan fingerprint density at radius 1 is 1.57 bits per heavy atom. The van der Waals surface area contributed by atoms with E-state index in [4.69, 9.17) is 5.73 Å². The highest BCUT2D eigenvalue weighted by atomic mass is 15.3. The molecule has 14 heavy (non-hydrogen) atoms. The molecule has 1 fully saturated rings. The average Bonchev–Trinajstić information content (AvgIpc) is 2.72. The van der Waals surface area contributed by atoms with Crippen LogP contribution in [0.15, 0.2) is 12.3 Å². The molecule has 0 aromatic carbocycles. The number of anilines is 1. The monoisotopic (exact) mass is 194 g/mol. The van der Waals surface area contributed by atoms with Crippen LogP contribution in [-0.4, -0.2) is 29.3 Å². The van der Waals surface area contributed by atoms with Crippen molar-refractivity contribution in [3.05, 3.63) is 12.3 Å². The Kier molecular flexibility index (Phi) is 3.03. The van der Waals surface area contributed by atoms with E-state index >= 15 is 0 Å². The molecule has 2 heterocycles. The Bertz CT molecular complexity index is 255. The summed E-state index contributed by atoms with van der Waals surface area (Å²) >= 11 is 0. The minimum Gasteiger partial charge on any atom is -0.354 e. The molecule has 1 aliphatic rings. The molecule has 1 aromatic rings. The topological polar surface area (TPSA) is 57.9 Å². The van der Waals surface area contributed by atoms with Crippen molar-refractivity contribution in [2.24, 2.45) is 5.73 Å². The van der Waals surface area contributed by atoms with E-state index in [0.29, 0.717) is 6.04 Å². The standard InChI is InChI=1S/C10H18N4/c11-6-4-9-3-1-2-8-14(9)10-5-7-12-13-10/h5,7,9H,1-4,6,8,11H2,(H,12,13). The molecule has 0 spiro atoms. The first-order chi connectivity index (χ1) is 6.92. The molecule has 0 radical (unpaired) electrons. The van der Waals surface area contributed by atoms with Gasteiger partial charge in [0.15, 0.2) is 0 Å². The number of nitrogens with two attached hydrogens (primary N) is 1. The van der Waals surface area contributed by atoms with Gasteiger partial charge in [-0.15, -0.1) is 0 Å². The van der Waals surface area contributed by atoms with Crippen LogP contribution in [0.1, 0.15) is 25.7 Å². The summed E-state index contributed by atoms with van der Waals surface area (Å²) in [6.45, 7) is 1.90. The number of hydrogen-bond acceptors (Lipinski definition) is 3. The Labute approximate surface area is 84.5 Å². The zero-order chi connectivity index (χ0) is 9.80. The highest BCUT2D eigenvalue weighted by molar-refractivity contribution is 5.38. The Hall–Kier alpha value is -1.03. The van der Waals surface area contributed by atoms with Crippen LogP contribution < -0.4 is 10.6 Å². The van der Waals surface area contributed by atoms with E-state index in [9.17, 15) is 0 Å². The van der Waals surface area contributed by atoms with Crippen LogP contribution in [0.4, 0.5) is 5.82 Å². The van der Waals surface area contributed by atoms with Gasteiger partial charge in [-0.05, 0) is 32.2 Å². The van der Waals surface area contributed by atoms with E-state index in [0.717, 1.165) is 25.3 Å². The van der Waals surface area contributed by atoms with E-state index in [-0.39, 0.29) is 0 Å². The van der Waals surface area contributed by atoms with Crippen LogP contribution in [0.3, 0.4) is 0 Å². The second-order valence-corrected chi connectivity index (χ2v) is 3.86. The third kappa shape index (κ3) is 1.90. The van der Waals surface area contributed by atoms with Crippen LogP contribution in [0.2, 0.25) is 0 Å². The number of nitrogens with zero attached hydrogens (tertiary/aromatic N) is 2. The lowest BCUT2D eigenvalue weighted by atomic mass is 9.99. The van der Waals surface area contributed by atoms with Crippen LogP contribution in [-0.2, 0) is 0 Å². The number of hydrogen-bond donors (Lipinski definition) is 2. The second-order valence-electron chi connectivity index (χ2n) is 3.86. The molecule has 0 amide bonds. The fourth-order valence-electron chi connectivity index (χ4n) is 2.22. The summed E-state index contributed by atoms with van der Waals surface area (Å²) in [5.74, 6) is 1.14. The molecule has 1 saturated heterocycles. The van der Waals surface area contributed by atoms with Crippen molar-refractivity contribution in [2.75, 3.05) is 18.0 Å². The van der Waals surface area contributed by atoms with Gasteiger partial charge in [0.2, 0.25) is 0 Å². The van der Waals surface area contributed by atoms with Gasteiger partial charge in [-0.3, -0.25) is 5.10 Å². The maximum Gasteiger partial charge on any atom is 0.124 e. The van der Waals surface area contributed by atoms with Crippen LogP contribution in [0.25, 0.3) is 0 Å². The van der Waals surface area contributed by atoms with Crippen molar-refractivity contribution in [1.82, 2.24) is 10.2 Å². The summed E-state index contributed by atoms with van der Waals surface area (Å²) in [5.41, 5.74) is 5.62. The van der Waals surface area contributed by atoms with Gasteiger partial charge in [-0.25, -0.2) is 0 Å². The highest BCUT2D eigenvalue weighted by Gasteiger charge is 2.22. The molecule has 2 rings (SSSR count). The summed E-state index contributed by atoms with van der Waals surface area (Å²) < 4.78 is 0. The van der Waals surface area contributed by atoms with Gasteiger partial charge in [-0.2, -0.15) is 5.10 Å². The van der Waals surface area contributed by atoms with E-state index < -0.39 is 0 Å². The largest absolute Gasteiger partial charge is 0.354 e. The summed E-state index contributed by atoms with van der Waals surface area (Å²) in [4.78, 5) is 2.41. The van der Waals surface area contributed by atoms with E-state index in [1.54, 1.807) is 0 Å². The summed E-state index contributed by atoms with van der Waals surface area (Å²) in [7, 11) is 0. The minimum absolute atomic E-state index is 0.606. The van der Waals surface area contributed by atoms with Gasteiger partial charge >= 0.3 is 0 Å². The van der Waals surface area contributed by atoms with Crippen molar-refractivity contribution in [1.29, 1.82) is 0 Å². The quantitative estimate of drug-likeness (QED) is 0.758. The third-order valence-corrected chi connectivity index (χ3v) is 2.92. The molecule has 1 aromatic heterocycles. The molecule has 1 aliphatic heterocycles. The molecule has 0 aliphatic carbocycles. The molecule has 0 saturated carbocycles. The normalized spacial score (nSPS) is 22.6. The number of piperidine rings is 1. The smallest absolute Gasteiger partial charge is 0.124 e. The van der Waals surface area contributed by atoms with Gasteiger partial charge in [-0.1, -0.05) is 0 Å². The molecular formula is C10H18N4. The maximum absolute atomic E-state index is 5.62. The number of aromatic nitrogens is 2. The molecule has 4 nitrogen and oxygen atoms in total. The predicted octanol–water partition coefficient (Wildman–Crippen LogP) is 1.12. The Morgan fingerprint density at radius 3 is 3.21 bits per heavy atom. The van der Waals surface area contributed by atoms with Crippen molar-refractivity contribution in [3.63, 3.8) is 0 Å². The third-order valence-electron chi connectivity index (χ3n) is 2.92. The second kappa shape index (κ2) is 4.46. The van der Waals surface area contributed by atoms with Gasteiger partial charge in [0, 0.05) is 18.7 Å². The van der Waals surface area contributed by atoms with Crippen molar-refractivity contribution in [3.8, 4) is 0 Å². The Balaban J connectivity index is 2.06. The highest BCUT2D eigenvalue weighted by Crippen LogP contribution is 2.24. The van der Waals surface area contributed by atoms with Crippen molar-refractivity contribution in [2.45, 2.75) is 31.7 Å². The lowest BCUT2D eigenvalue weighted by Gasteiger charge is -2.36. The molecule has 1 unspecified atom stereocenters. The SMILES string of the molecule is NCCC1CCCCN1c1ccn[nH]1. The van der Waals surface area contributed by atoms with Gasteiger partial charge in [0.1, 0.15) is 5.82 Å². The number of aromatic amines is 1. The lowest BCUT2D eigenvalue weighted by molar-refractivity contribution is 0.438. The van der Waals surface area contributed by atoms with Crippen LogP contribution in [0.5, 0.6) is 0 Å². The number of rotatable bonds is 3. The van der Waals surface area contributed by atoms with E-state index in [2.05, 4.69) is 15.1 Å². The summed E-state index contributed by atoms with van der Waals surface area (Å²) in [5, 5.41) is 7.02. The molecule has 1 atom stereocenters. The van der Waals surface area contributed by atoms with Gasteiger partial charge < -0.3 is 10.6 Å². The molecule has 0 bridgehead atoms. The van der Waals surface area contributed by atoms with E-state index in [1.165, 1.54) is 19.3 Å². The van der Waals surface area contributed by atoms with Crippen molar-refractivity contribution >= 4 is 5.82 Å². The first kappa shape index (κ1) is 9.52. The maximum atomic E-state index is 5.62. The zero-order valence-corrected chi connectivity index (χ0v) is 8.45. The van der Waals surface area contributed by atoms with Gasteiger partial charge in [0.25, 0.3) is 0 Å². The van der Waals surface area contributed by atoms with Gasteiger partial charge in [0.05, 0.1) is 6.20 Å². The molecular weight excluding hydrogens is 176 g/mol. The molecule has 78 valence electrons. The summed E-state index contributed by atoms with van der Waals surface area (Å²) in [6, 6.07) is 2.64. The first-order valence-electron chi connectivity index (χ1n) is 5.38. The summed E-state index contributed by atoms with van der Waals surface area (Å²) in [6.07, 6.45) is 6.76. The predicted molar refractivity (Wildman–Crippen MR) is 57.2 cm³/mol. The number of H-pyrrole nitrogens is 1. The Morgan fingerprint density at radius 2 is 2.50 bits per heavy atom. The van der Waals surface area contributed by atoms with Crippen LogP contribution in [0, 0.1) is 0 Å². The average molecular weight is 194 g/mol. The van der Waals surface area contributed by atoms with Crippen molar-refractivity contribution < 1.29 is 0 Å². The molecule has 4 heteroatoms. The fraction of sp³-hybridized carbons (Fsp3) is 0.700. The van der Waals surface area contributed by atoms with E-state index in [1.807, 2.05) is 12.3 Å². The first-order valence-corrected chi connectivity index (χ1v) is 5.38. The van der Waals surface area contributed by atoms with Crippen LogP contribution >= 0.6 is 0 Å². The molecule has 3 N–H and O–H groups in total.